The second-order valence-electron chi connectivity index (χ2n) is 4.37. The summed E-state index contributed by atoms with van der Waals surface area (Å²) in [5, 5.41) is 9.33. The maximum absolute atomic E-state index is 12.5. The largest absolute Gasteiger partial charge is 0.416 e. The molecule has 1 aromatic carbocycles. The highest BCUT2D eigenvalue weighted by atomic mass is 19.4. The van der Waals surface area contributed by atoms with Gasteiger partial charge in [0.2, 0.25) is 0 Å². The highest BCUT2D eigenvalue weighted by molar-refractivity contribution is 5.32. The van der Waals surface area contributed by atoms with Crippen molar-refractivity contribution in [2.75, 3.05) is 0 Å². The second-order valence-corrected chi connectivity index (χ2v) is 4.37. The van der Waals surface area contributed by atoms with Crippen molar-refractivity contribution in [2.45, 2.75) is 31.5 Å². The van der Waals surface area contributed by atoms with Crippen LogP contribution in [0.15, 0.2) is 24.3 Å². The van der Waals surface area contributed by atoms with Gasteiger partial charge in [-0.15, -0.1) is 0 Å². The summed E-state index contributed by atoms with van der Waals surface area (Å²) in [4.78, 5) is 0. The Bertz CT molecular complexity index is 384. The predicted molar refractivity (Wildman–Crippen MR) is 54.0 cm³/mol. The second kappa shape index (κ2) is 3.77. The van der Waals surface area contributed by atoms with Crippen LogP contribution in [0.4, 0.5) is 13.2 Å². The number of hydrogen-bond acceptors (Lipinski definition) is 1. The van der Waals surface area contributed by atoms with Gasteiger partial charge in [0.15, 0.2) is 0 Å². The van der Waals surface area contributed by atoms with Gasteiger partial charge in [0.25, 0.3) is 0 Å². The normalized spacial score (nSPS) is 26.6. The molecule has 0 bridgehead atoms. The summed E-state index contributed by atoms with van der Waals surface area (Å²) >= 11 is 0. The van der Waals surface area contributed by atoms with Crippen molar-refractivity contribution in [3.63, 3.8) is 0 Å². The molecule has 0 radical (unpaired) electrons. The van der Waals surface area contributed by atoms with E-state index >= 15 is 0 Å². The predicted octanol–water partition coefficient (Wildman–Crippen LogP) is 3.19. The Hall–Kier alpha value is -1.03. The number of halogens is 3. The third kappa shape index (κ3) is 2.21. The van der Waals surface area contributed by atoms with Crippen molar-refractivity contribution >= 4 is 0 Å². The summed E-state index contributed by atoms with van der Waals surface area (Å²) in [5.41, 5.74) is 0.0713. The Labute approximate surface area is 91.9 Å². The minimum Gasteiger partial charge on any atom is -0.393 e. The first-order valence-electron chi connectivity index (χ1n) is 5.25. The van der Waals surface area contributed by atoms with Crippen LogP contribution in [-0.2, 0) is 6.18 Å². The van der Waals surface area contributed by atoms with Gasteiger partial charge in [0.1, 0.15) is 0 Å². The Balaban J connectivity index is 2.19. The van der Waals surface area contributed by atoms with E-state index in [0.717, 1.165) is 12.5 Å². The molecule has 16 heavy (non-hydrogen) atoms. The molecule has 0 spiro atoms. The first kappa shape index (κ1) is 11.5. The maximum atomic E-state index is 12.5. The van der Waals surface area contributed by atoms with Crippen LogP contribution in [0, 0.1) is 5.92 Å². The molecule has 4 heteroatoms. The third-order valence-corrected chi connectivity index (χ3v) is 3.10. The van der Waals surface area contributed by atoms with Gasteiger partial charge < -0.3 is 5.11 Å². The Morgan fingerprint density at radius 1 is 1.38 bits per heavy atom. The summed E-state index contributed by atoms with van der Waals surface area (Å²) in [6.07, 6.45) is -3.95. The molecule has 0 saturated heterocycles. The van der Waals surface area contributed by atoms with Crippen LogP contribution < -0.4 is 0 Å². The van der Waals surface area contributed by atoms with Gasteiger partial charge in [-0.3, -0.25) is 0 Å². The Morgan fingerprint density at radius 2 is 2.06 bits per heavy atom. The van der Waals surface area contributed by atoms with E-state index in [0.29, 0.717) is 5.56 Å². The fraction of sp³-hybridized carbons (Fsp3) is 0.500. The molecule has 3 atom stereocenters. The average molecular weight is 230 g/mol. The van der Waals surface area contributed by atoms with Gasteiger partial charge >= 0.3 is 6.18 Å². The molecule has 1 aliphatic rings. The molecular weight excluding hydrogens is 217 g/mol. The monoisotopic (exact) mass is 230 g/mol. The highest BCUT2D eigenvalue weighted by Crippen LogP contribution is 2.50. The van der Waals surface area contributed by atoms with Gasteiger partial charge in [0, 0.05) is 0 Å². The number of aliphatic hydroxyl groups excluding tert-OH is 1. The van der Waals surface area contributed by atoms with E-state index in [2.05, 4.69) is 0 Å². The fourth-order valence-corrected chi connectivity index (χ4v) is 2.08. The summed E-state index contributed by atoms with van der Waals surface area (Å²) in [5.74, 6) is 0.200. The number of alkyl halides is 3. The number of benzene rings is 1. The molecule has 0 unspecified atom stereocenters. The van der Waals surface area contributed by atoms with E-state index in [4.69, 9.17) is 0 Å². The standard InChI is InChI=1S/C12H13F3O/c1-7(16)10-6-11(10)8-3-2-4-9(5-8)12(13,14)15/h2-5,7,10-11,16H,6H2,1H3/t7-,10+,11+/m0/s1. The highest BCUT2D eigenvalue weighted by Gasteiger charge is 2.42. The van der Waals surface area contributed by atoms with E-state index in [1.54, 1.807) is 13.0 Å². The molecular formula is C12H13F3O. The molecule has 1 nitrogen and oxygen atoms in total. The van der Waals surface area contributed by atoms with Crippen molar-refractivity contribution in [1.29, 1.82) is 0 Å². The van der Waals surface area contributed by atoms with E-state index < -0.39 is 17.8 Å². The zero-order valence-corrected chi connectivity index (χ0v) is 8.83. The zero-order chi connectivity index (χ0) is 11.9. The summed E-state index contributed by atoms with van der Waals surface area (Å²) < 4.78 is 37.4. The summed E-state index contributed by atoms with van der Waals surface area (Å²) in [7, 11) is 0. The number of hydrogen-bond donors (Lipinski definition) is 1. The SMILES string of the molecule is C[C@H](O)[C@H]1C[C@@H]1c1cccc(C(F)(F)F)c1. The summed E-state index contributed by atoms with van der Waals surface area (Å²) in [6.45, 7) is 1.68. The molecule has 1 fully saturated rings. The fourth-order valence-electron chi connectivity index (χ4n) is 2.08. The lowest BCUT2D eigenvalue weighted by molar-refractivity contribution is -0.137. The van der Waals surface area contributed by atoms with Gasteiger partial charge in [-0.1, -0.05) is 18.2 Å². The lowest BCUT2D eigenvalue weighted by Gasteiger charge is -2.09. The van der Waals surface area contributed by atoms with Gasteiger partial charge in [-0.2, -0.15) is 13.2 Å². The van der Waals surface area contributed by atoms with E-state index in [9.17, 15) is 18.3 Å². The molecule has 1 saturated carbocycles. The topological polar surface area (TPSA) is 20.2 Å². The molecule has 0 amide bonds. The van der Waals surface area contributed by atoms with Crippen LogP contribution in [0.25, 0.3) is 0 Å². The minimum atomic E-state index is -4.29. The first-order chi connectivity index (χ1) is 7.39. The third-order valence-electron chi connectivity index (χ3n) is 3.10. The van der Waals surface area contributed by atoms with Crippen LogP contribution in [0.1, 0.15) is 30.4 Å². The van der Waals surface area contributed by atoms with Gasteiger partial charge in [-0.05, 0) is 36.8 Å². The maximum Gasteiger partial charge on any atom is 0.416 e. The zero-order valence-electron chi connectivity index (χ0n) is 8.83. The Morgan fingerprint density at radius 3 is 2.56 bits per heavy atom. The van der Waals surface area contributed by atoms with Crippen molar-refractivity contribution in [2.24, 2.45) is 5.92 Å². The van der Waals surface area contributed by atoms with Gasteiger partial charge in [0.05, 0.1) is 11.7 Å². The van der Waals surface area contributed by atoms with Crippen LogP contribution >= 0.6 is 0 Å². The molecule has 1 aliphatic carbocycles. The number of rotatable bonds is 2. The van der Waals surface area contributed by atoms with Crippen LogP contribution in [0.3, 0.4) is 0 Å². The lowest BCUT2D eigenvalue weighted by Crippen LogP contribution is -2.06. The summed E-state index contributed by atoms with van der Waals surface area (Å²) in [6, 6.07) is 5.38. The lowest BCUT2D eigenvalue weighted by atomic mass is 10.0. The molecule has 0 aromatic heterocycles. The van der Waals surface area contributed by atoms with Crippen molar-refractivity contribution in [1.82, 2.24) is 0 Å². The minimum absolute atomic E-state index is 0.0855. The Kier molecular flexibility index (Phi) is 2.70. The van der Waals surface area contributed by atoms with Gasteiger partial charge in [-0.25, -0.2) is 0 Å². The molecule has 1 aromatic rings. The van der Waals surface area contributed by atoms with Crippen molar-refractivity contribution < 1.29 is 18.3 Å². The molecule has 1 N–H and O–H groups in total. The van der Waals surface area contributed by atoms with E-state index in [1.807, 2.05) is 0 Å². The van der Waals surface area contributed by atoms with E-state index in [1.165, 1.54) is 12.1 Å². The van der Waals surface area contributed by atoms with Crippen molar-refractivity contribution in [3.8, 4) is 0 Å². The van der Waals surface area contributed by atoms with Crippen LogP contribution in [0.5, 0.6) is 0 Å². The van der Waals surface area contributed by atoms with Crippen LogP contribution in [-0.4, -0.2) is 11.2 Å². The van der Waals surface area contributed by atoms with Crippen molar-refractivity contribution in [3.05, 3.63) is 35.4 Å². The number of aliphatic hydroxyl groups is 1. The smallest absolute Gasteiger partial charge is 0.393 e. The molecule has 88 valence electrons. The van der Waals surface area contributed by atoms with E-state index in [-0.39, 0.29) is 11.8 Å². The molecule has 2 rings (SSSR count). The molecule has 0 aliphatic heterocycles. The molecule has 0 heterocycles. The quantitative estimate of drug-likeness (QED) is 0.827. The average Bonchev–Trinajstić information content (AvgIpc) is 2.96. The van der Waals surface area contributed by atoms with Crippen LogP contribution in [0.2, 0.25) is 0 Å². The first-order valence-corrected chi connectivity index (χ1v) is 5.25.